The van der Waals surface area contributed by atoms with Crippen LogP contribution in [0.25, 0.3) is 16.6 Å². The maximum atomic E-state index is 11.8. The number of nitrogens with zero attached hydrogens (tertiary/aromatic N) is 2. The zero-order valence-electron chi connectivity index (χ0n) is 13.2. The third-order valence-corrected chi connectivity index (χ3v) is 5.69. The van der Waals surface area contributed by atoms with Gasteiger partial charge in [-0.1, -0.05) is 12.1 Å². The number of rotatable bonds is 2. The van der Waals surface area contributed by atoms with Gasteiger partial charge in [-0.3, -0.25) is 4.31 Å². The lowest BCUT2D eigenvalue weighted by Crippen LogP contribution is -2.27. The Morgan fingerprint density at radius 1 is 1.09 bits per heavy atom. The molecule has 3 aromatic rings. The van der Waals surface area contributed by atoms with Crippen molar-refractivity contribution in [3.63, 3.8) is 0 Å². The fourth-order valence-electron chi connectivity index (χ4n) is 3.34. The summed E-state index contributed by atoms with van der Waals surface area (Å²) in [5, 5.41) is 0. The highest BCUT2D eigenvalue weighted by atomic mass is 32.2. The van der Waals surface area contributed by atoms with Crippen molar-refractivity contribution in [2.75, 3.05) is 17.1 Å². The first kappa shape index (κ1) is 14.3. The van der Waals surface area contributed by atoms with Crippen molar-refractivity contribution in [2.24, 2.45) is 0 Å². The highest BCUT2D eigenvalue weighted by Gasteiger charge is 2.26. The van der Waals surface area contributed by atoms with Gasteiger partial charge in [-0.05, 0) is 54.3 Å². The van der Waals surface area contributed by atoms with Crippen LogP contribution in [0.4, 0.5) is 5.69 Å². The molecule has 23 heavy (non-hydrogen) atoms. The van der Waals surface area contributed by atoms with Crippen LogP contribution in [0.2, 0.25) is 0 Å². The summed E-state index contributed by atoms with van der Waals surface area (Å²) in [5.74, 6) is 0. The van der Waals surface area contributed by atoms with Gasteiger partial charge >= 0.3 is 0 Å². The van der Waals surface area contributed by atoms with Crippen molar-refractivity contribution in [2.45, 2.75) is 13.3 Å². The molecule has 0 N–H and O–H groups in total. The second-order valence-corrected chi connectivity index (χ2v) is 8.05. The SMILES string of the molecule is Cc1cccn2cc(-c3ccc4c(c3)CCN4S(C)(=O)=O)cc12. The quantitative estimate of drug-likeness (QED) is 0.725. The molecule has 0 spiro atoms. The second-order valence-electron chi connectivity index (χ2n) is 6.14. The van der Waals surface area contributed by atoms with Crippen LogP contribution in [-0.2, 0) is 16.4 Å². The molecule has 0 saturated heterocycles. The fraction of sp³-hybridized carbons (Fsp3) is 0.222. The van der Waals surface area contributed by atoms with Gasteiger partial charge in [0.25, 0.3) is 0 Å². The van der Waals surface area contributed by atoms with Crippen LogP contribution in [0.15, 0.2) is 48.8 Å². The molecule has 1 aromatic carbocycles. The maximum absolute atomic E-state index is 11.8. The van der Waals surface area contributed by atoms with E-state index < -0.39 is 10.0 Å². The van der Waals surface area contributed by atoms with Crippen LogP contribution in [0.5, 0.6) is 0 Å². The molecule has 3 heterocycles. The predicted molar refractivity (Wildman–Crippen MR) is 93.5 cm³/mol. The number of pyridine rings is 1. The minimum atomic E-state index is -3.19. The molecule has 4 rings (SSSR count). The number of aryl methyl sites for hydroxylation is 1. The first-order valence-corrected chi connectivity index (χ1v) is 9.47. The summed E-state index contributed by atoms with van der Waals surface area (Å²) in [5.41, 5.74) is 6.63. The number of hydrogen-bond donors (Lipinski definition) is 0. The summed E-state index contributed by atoms with van der Waals surface area (Å²) in [6.45, 7) is 2.64. The van der Waals surface area contributed by atoms with E-state index in [1.807, 2.05) is 24.4 Å². The Kier molecular flexibility index (Phi) is 3.03. The molecule has 4 nitrogen and oxygen atoms in total. The fourth-order valence-corrected chi connectivity index (χ4v) is 4.30. The molecular formula is C18H18N2O2S. The number of sulfonamides is 1. The smallest absolute Gasteiger partial charge is 0.232 e. The van der Waals surface area contributed by atoms with Gasteiger partial charge in [-0.2, -0.15) is 0 Å². The van der Waals surface area contributed by atoms with Gasteiger partial charge < -0.3 is 4.40 Å². The molecule has 0 aliphatic carbocycles. The van der Waals surface area contributed by atoms with Crippen LogP contribution in [0.3, 0.4) is 0 Å². The van der Waals surface area contributed by atoms with E-state index in [0.717, 1.165) is 28.8 Å². The summed E-state index contributed by atoms with van der Waals surface area (Å²) in [6, 6.07) is 12.4. The summed E-state index contributed by atoms with van der Waals surface area (Å²) in [4.78, 5) is 0. The second kappa shape index (κ2) is 4.86. The Labute approximate surface area is 136 Å². The van der Waals surface area contributed by atoms with E-state index in [2.05, 4.69) is 35.7 Å². The standard InChI is InChI=1S/C18H18N2O2S/c1-13-4-3-8-19-12-16(11-18(13)19)14-5-6-17-15(10-14)7-9-20(17)23(2,21)22/h3-6,8,10-12H,7,9H2,1-2H3. The summed E-state index contributed by atoms with van der Waals surface area (Å²) in [7, 11) is -3.19. The molecule has 2 aromatic heterocycles. The third-order valence-electron chi connectivity index (χ3n) is 4.51. The molecule has 0 bridgehead atoms. The Bertz CT molecular complexity index is 1020. The zero-order chi connectivity index (χ0) is 16.2. The molecule has 0 amide bonds. The van der Waals surface area contributed by atoms with Crippen LogP contribution in [-0.4, -0.2) is 25.6 Å². The molecule has 118 valence electrons. The van der Waals surface area contributed by atoms with Gasteiger partial charge in [-0.15, -0.1) is 0 Å². The Morgan fingerprint density at radius 3 is 2.65 bits per heavy atom. The lowest BCUT2D eigenvalue weighted by Gasteiger charge is -2.16. The van der Waals surface area contributed by atoms with Gasteiger partial charge in [0.05, 0.1) is 11.9 Å². The van der Waals surface area contributed by atoms with Gasteiger partial charge in [0.15, 0.2) is 0 Å². The molecule has 0 saturated carbocycles. The lowest BCUT2D eigenvalue weighted by molar-refractivity contribution is 0.598. The molecule has 0 atom stereocenters. The minimum Gasteiger partial charge on any atom is -0.323 e. The molecule has 0 fully saturated rings. The van der Waals surface area contributed by atoms with Crippen LogP contribution in [0.1, 0.15) is 11.1 Å². The minimum absolute atomic E-state index is 0.536. The van der Waals surface area contributed by atoms with E-state index in [0.29, 0.717) is 6.54 Å². The number of aromatic nitrogens is 1. The molecule has 0 unspecified atom stereocenters. The number of hydrogen-bond acceptors (Lipinski definition) is 2. The zero-order valence-corrected chi connectivity index (χ0v) is 14.0. The number of fused-ring (bicyclic) bond motifs is 2. The largest absolute Gasteiger partial charge is 0.323 e. The van der Waals surface area contributed by atoms with Crippen molar-refractivity contribution in [3.05, 3.63) is 59.9 Å². The highest BCUT2D eigenvalue weighted by Crippen LogP contribution is 2.34. The predicted octanol–water partition coefficient (Wildman–Crippen LogP) is 3.24. The molecule has 5 heteroatoms. The average Bonchev–Trinajstić information content (AvgIpc) is 3.10. The van der Waals surface area contributed by atoms with E-state index in [1.165, 1.54) is 21.6 Å². The van der Waals surface area contributed by atoms with E-state index in [-0.39, 0.29) is 0 Å². The lowest BCUT2D eigenvalue weighted by atomic mass is 10.0. The summed E-state index contributed by atoms with van der Waals surface area (Å²) < 4.78 is 27.3. The number of anilines is 1. The van der Waals surface area contributed by atoms with Crippen molar-refractivity contribution in [3.8, 4) is 11.1 Å². The van der Waals surface area contributed by atoms with Crippen molar-refractivity contribution in [1.82, 2.24) is 4.40 Å². The summed E-state index contributed by atoms with van der Waals surface area (Å²) in [6.07, 6.45) is 6.19. The monoisotopic (exact) mass is 326 g/mol. The van der Waals surface area contributed by atoms with Gasteiger partial charge in [0.2, 0.25) is 10.0 Å². The Balaban J connectivity index is 1.80. The first-order chi connectivity index (χ1) is 10.9. The molecule has 1 aliphatic rings. The van der Waals surface area contributed by atoms with Crippen molar-refractivity contribution in [1.29, 1.82) is 0 Å². The Hall–Kier alpha value is -2.27. The normalized spacial score (nSPS) is 14.4. The van der Waals surface area contributed by atoms with Crippen molar-refractivity contribution < 1.29 is 8.42 Å². The van der Waals surface area contributed by atoms with E-state index in [4.69, 9.17) is 0 Å². The van der Waals surface area contributed by atoms with Gasteiger partial charge in [0.1, 0.15) is 0 Å². The topological polar surface area (TPSA) is 41.8 Å². The molecular weight excluding hydrogens is 308 g/mol. The molecule has 1 aliphatic heterocycles. The van der Waals surface area contributed by atoms with Gasteiger partial charge in [-0.25, -0.2) is 8.42 Å². The van der Waals surface area contributed by atoms with E-state index in [9.17, 15) is 8.42 Å². The van der Waals surface area contributed by atoms with Crippen LogP contribution < -0.4 is 4.31 Å². The van der Waals surface area contributed by atoms with Gasteiger partial charge in [0, 0.05) is 30.0 Å². The summed E-state index contributed by atoms with van der Waals surface area (Å²) >= 11 is 0. The van der Waals surface area contributed by atoms with Crippen molar-refractivity contribution >= 4 is 21.2 Å². The van der Waals surface area contributed by atoms with E-state index in [1.54, 1.807) is 0 Å². The Morgan fingerprint density at radius 2 is 1.91 bits per heavy atom. The first-order valence-electron chi connectivity index (χ1n) is 7.62. The third kappa shape index (κ3) is 2.32. The van der Waals surface area contributed by atoms with E-state index >= 15 is 0 Å². The van der Waals surface area contributed by atoms with Crippen LogP contribution >= 0.6 is 0 Å². The van der Waals surface area contributed by atoms with Crippen LogP contribution in [0, 0.1) is 6.92 Å². The average molecular weight is 326 g/mol. The maximum Gasteiger partial charge on any atom is 0.232 e. The highest BCUT2D eigenvalue weighted by molar-refractivity contribution is 7.92. The molecule has 0 radical (unpaired) electrons. The number of benzene rings is 1.